The summed E-state index contributed by atoms with van der Waals surface area (Å²) in [5.74, 6) is -0.0135. The van der Waals surface area contributed by atoms with Gasteiger partial charge in [-0.25, -0.2) is 4.39 Å². The first kappa shape index (κ1) is 12.9. The molecule has 2 rings (SSSR count). The summed E-state index contributed by atoms with van der Waals surface area (Å²) in [6.07, 6.45) is 1.96. The molecule has 6 heteroatoms. The van der Waals surface area contributed by atoms with Crippen molar-refractivity contribution in [3.05, 3.63) is 64.3 Å². The zero-order valence-corrected chi connectivity index (χ0v) is 10.2. The molecule has 0 aliphatic rings. The maximum absolute atomic E-state index is 12.8. The van der Waals surface area contributed by atoms with Crippen molar-refractivity contribution in [2.45, 2.75) is 6.42 Å². The number of aromatic amines is 1. The maximum Gasteiger partial charge on any atom is 0.274 e. The summed E-state index contributed by atoms with van der Waals surface area (Å²) >= 11 is 0. The zero-order valence-electron chi connectivity index (χ0n) is 10.2. The Labute approximate surface area is 109 Å². The molecule has 19 heavy (non-hydrogen) atoms. The molecule has 0 aliphatic heterocycles. The molecule has 0 fully saturated rings. The van der Waals surface area contributed by atoms with Gasteiger partial charge in [0, 0.05) is 13.0 Å². The van der Waals surface area contributed by atoms with E-state index in [0.29, 0.717) is 18.9 Å². The highest BCUT2D eigenvalue weighted by molar-refractivity contribution is 5.25. The quantitative estimate of drug-likeness (QED) is 0.799. The molecule has 0 saturated heterocycles. The lowest BCUT2D eigenvalue weighted by Crippen LogP contribution is -2.19. The van der Waals surface area contributed by atoms with Gasteiger partial charge in [0.25, 0.3) is 5.56 Å². The Morgan fingerprint density at radius 1 is 1.32 bits per heavy atom. The average Bonchev–Trinajstić information content (AvgIpc) is 2.41. The van der Waals surface area contributed by atoms with Gasteiger partial charge in [0.05, 0.1) is 0 Å². The Hall–Kier alpha value is -2.50. The molecule has 0 amide bonds. The minimum atomic E-state index is -0.314. The fraction of sp³-hybridized carbons (Fsp3) is 0.154. The lowest BCUT2D eigenvalue weighted by Gasteiger charge is -2.03. The van der Waals surface area contributed by atoms with Crippen LogP contribution in [0.25, 0.3) is 0 Å². The Kier molecular flexibility index (Phi) is 4.02. The van der Waals surface area contributed by atoms with Crippen LogP contribution in [0.5, 0.6) is 0 Å². The second-order valence-electron chi connectivity index (χ2n) is 3.92. The van der Waals surface area contributed by atoms with Crippen LogP contribution >= 0.6 is 0 Å². The number of anilines is 1. The van der Waals surface area contributed by atoms with E-state index in [-0.39, 0.29) is 17.1 Å². The van der Waals surface area contributed by atoms with Gasteiger partial charge in [-0.1, -0.05) is 18.2 Å². The topological polar surface area (TPSA) is 70.7 Å². The summed E-state index contributed by atoms with van der Waals surface area (Å²) in [6, 6.07) is 5.91. The van der Waals surface area contributed by atoms with E-state index in [0.717, 1.165) is 5.56 Å². The molecule has 0 aliphatic carbocycles. The predicted molar refractivity (Wildman–Crippen MR) is 70.5 cm³/mol. The summed E-state index contributed by atoms with van der Waals surface area (Å²) in [4.78, 5) is 14.4. The Morgan fingerprint density at radius 2 is 2.05 bits per heavy atom. The van der Waals surface area contributed by atoms with Crippen molar-refractivity contribution in [3.63, 3.8) is 0 Å². The molecule has 0 saturated carbocycles. The number of nitrogens with one attached hydrogen (secondary N) is 2. The molecule has 0 spiro atoms. The fourth-order valence-electron chi connectivity index (χ4n) is 1.52. The van der Waals surface area contributed by atoms with E-state index in [9.17, 15) is 9.18 Å². The normalized spacial score (nSPS) is 10.2. The van der Waals surface area contributed by atoms with Crippen LogP contribution in [-0.2, 0) is 6.42 Å². The fourth-order valence-corrected chi connectivity index (χ4v) is 1.52. The minimum Gasteiger partial charge on any atom is -0.351 e. The number of H-pyrrole nitrogens is 1. The van der Waals surface area contributed by atoms with E-state index in [1.165, 1.54) is 12.1 Å². The molecular weight excluding hydrogens is 247 g/mol. The van der Waals surface area contributed by atoms with Crippen molar-refractivity contribution in [3.8, 4) is 0 Å². The van der Waals surface area contributed by atoms with Crippen molar-refractivity contribution < 1.29 is 4.39 Å². The molecule has 0 unspecified atom stereocenters. The lowest BCUT2D eigenvalue weighted by atomic mass is 10.1. The molecule has 0 radical (unpaired) electrons. The molecule has 98 valence electrons. The highest BCUT2D eigenvalue weighted by Crippen LogP contribution is 2.06. The average molecular weight is 260 g/mol. The van der Waals surface area contributed by atoms with Crippen molar-refractivity contribution in [1.82, 2.24) is 15.2 Å². The molecule has 2 aromatic rings. The van der Waals surface area contributed by atoms with Gasteiger partial charge >= 0.3 is 0 Å². The number of halogens is 1. The molecule has 0 atom stereocenters. The number of hydrogen-bond acceptors (Lipinski definition) is 4. The second kappa shape index (κ2) is 5.90. The Morgan fingerprint density at radius 3 is 2.68 bits per heavy atom. The van der Waals surface area contributed by atoms with E-state index < -0.39 is 0 Å². The van der Waals surface area contributed by atoms with Crippen molar-refractivity contribution >= 4 is 5.95 Å². The highest BCUT2D eigenvalue weighted by Gasteiger charge is 2.05. The van der Waals surface area contributed by atoms with E-state index in [1.54, 1.807) is 18.2 Å². The van der Waals surface area contributed by atoms with Gasteiger partial charge in [-0.2, -0.15) is 0 Å². The van der Waals surface area contributed by atoms with E-state index >= 15 is 0 Å². The van der Waals surface area contributed by atoms with Crippen LogP contribution < -0.4 is 10.9 Å². The molecule has 5 nitrogen and oxygen atoms in total. The maximum atomic E-state index is 12.8. The zero-order chi connectivity index (χ0) is 13.7. The van der Waals surface area contributed by atoms with E-state index in [1.807, 2.05) is 0 Å². The molecular formula is C13H13FN4O. The van der Waals surface area contributed by atoms with Gasteiger partial charge in [-0.05, 0) is 17.7 Å². The minimum absolute atomic E-state index is 0.288. The van der Waals surface area contributed by atoms with Crippen molar-refractivity contribution in [2.75, 3.05) is 11.9 Å². The van der Waals surface area contributed by atoms with Crippen LogP contribution in [0.1, 0.15) is 11.3 Å². The molecule has 2 N–H and O–H groups in total. The van der Waals surface area contributed by atoms with Gasteiger partial charge in [0.1, 0.15) is 11.5 Å². The molecule has 1 heterocycles. The third-order valence-electron chi connectivity index (χ3n) is 2.46. The third-order valence-corrected chi connectivity index (χ3v) is 2.46. The summed E-state index contributed by atoms with van der Waals surface area (Å²) in [7, 11) is 0. The second-order valence-corrected chi connectivity index (χ2v) is 3.92. The van der Waals surface area contributed by atoms with E-state index in [4.69, 9.17) is 0 Å². The summed E-state index contributed by atoms with van der Waals surface area (Å²) in [5, 5.41) is 10.6. The first-order chi connectivity index (χ1) is 9.19. The first-order valence-electron chi connectivity index (χ1n) is 5.74. The Balaban J connectivity index is 2.15. The number of rotatable bonds is 5. The number of benzene rings is 1. The smallest absolute Gasteiger partial charge is 0.274 e. The van der Waals surface area contributed by atoms with Gasteiger partial charge in [0.2, 0.25) is 5.95 Å². The van der Waals surface area contributed by atoms with Crippen LogP contribution in [-0.4, -0.2) is 21.7 Å². The SMILES string of the molecule is C=CCNc1nnc(Cc2ccc(F)cc2)c(=O)[nH]1. The summed E-state index contributed by atoms with van der Waals surface area (Å²) < 4.78 is 12.8. The number of nitrogens with zero attached hydrogens (tertiary/aromatic N) is 2. The lowest BCUT2D eigenvalue weighted by molar-refractivity contribution is 0.627. The van der Waals surface area contributed by atoms with E-state index in [2.05, 4.69) is 27.1 Å². The standard InChI is InChI=1S/C13H13FN4O/c1-2-7-15-13-16-12(19)11(17-18-13)8-9-3-5-10(14)6-4-9/h2-6H,1,7-8H2,(H2,15,16,18,19). The Bertz CT molecular complexity index is 621. The van der Waals surface area contributed by atoms with Crippen LogP contribution in [0.3, 0.4) is 0 Å². The number of hydrogen-bond donors (Lipinski definition) is 2. The monoisotopic (exact) mass is 260 g/mol. The van der Waals surface area contributed by atoms with Gasteiger partial charge in [0.15, 0.2) is 0 Å². The van der Waals surface area contributed by atoms with Gasteiger partial charge < -0.3 is 5.32 Å². The summed E-state index contributed by atoms with van der Waals surface area (Å²) in [6.45, 7) is 4.03. The van der Waals surface area contributed by atoms with Crippen LogP contribution in [0.2, 0.25) is 0 Å². The van der Waals surface area contributed by atoms with Crippen molar-refractivity contribution in [2.24, 2.45) is 0 Å². The molecule has 1 aromatic carbocycles. The molecule has 1 aromatic heterocycles. The van der Waals surface area contributed by atoms with Crippen LogP contribution in [0.15, 0.2) is 41.7 Å². The largest absolute Gasteiger partial charge is 0.351 e. The first-order valence-corrected chi connectivity index (χ1v) is 5.74. The van der Waals surface area contributed by atoms with Crippen molar-refractivity contribution in [1.29, 1.82) is 0 Å². The van der Waals surface area contributed by atoms with Gasteiger partial charge in [-0.15, -0.1) is 16.8 Å². The summed E-state index contributed by atoms with van der Waals surface area (Å²) in [5.41, 5.74) is 0.773. The molecule has 0 bridgehead atoms. The van der Waals surface area contributed by atoms with Crippen LogP contribution in [0.4, 0.5) is 10.3 Å². The number of aromatic nitrogens is 3. The predicted octanol–water partition coefficient (Wildman–Crippen LogP) is 1.49. The van der Waals surface area contributed by atoms with Gasteiger partial charge in [-0.3, -0.25) is 9.78 Å². The highest BCUT2D eigenvalue weighted by atomic mass is 19.1. The van der Waals surface area contributed by atoms with Crippen LogP contribution in [0, 0.1) is 5.82 Å². The third kappa shape index (κ3) is 3.48.